The van der Waals surface area contributed by atoms with E-state index in [2.05, 4.69) is 72.1 Å². The van der Waals surface area contributed by atoms with Gasteiger partial charge in [0.15, 0.2) is 0 Å². The molecule has 0 aromatic heterocycles. The lowest BCUT2D eigenvalue weighted by Gasteiger charge is -2.42. The molecule has 0 bridgehead atoms. The Morgan fingerprint density at radius 3 is 2.62 bits per heavy atom. The molecule has 5 nitrogen and oxygen atoms in total. The van der Waals surface area contributed by atoms with Crippen LogP contribution in [0.5, 0.6) is 0 Å². The highest BCUT2D eigenvalue weighted by atomic mass is 16.5. The molecule has 2 aliphatic heterocycles. The molecule has 1 fully saturated rings. The van der Waals surface area contributed by atoms with E-state index >= 15 is 0 Å². The summed E-state index contributed by atoms with van der Waals surface area (Å²) in [5.41, 5.74) is 4.42. The van der Waals surface area contributed by atoms with Crippen LogP contribution in [0.25, 0.3) is 0 Å². The highest BCUT2D eigenvalue weighted by Crippen LogP contribution is 2.37. The van der Waals surface area contributed by atoms with Gasteiger partial charge in [0.1, 0.15) is 5.84 Å². The zero-order chi connectivity index (χ0) is 18.0. The molecule has 1 saturated heterocycles. The molecule has 0 atom stereocenters. The maximum absolute atomic E-state index is 5.62. The number of nitrogens with zero attached hydrogens (tertiary/aromatic N) is 2. The normalized spacial score (nSPS) is 17.8. The highest BCUT2D eigenvalue weighted by Gasteiger charge is 2.40. The molecule has 0 aliphatic carbocycles. The number of aliphatic imine (C=N–C) groups is 1. The van der Waals surface area contributed by atoms with Gasteiger partial charge < -0.3 is 20.3 Å². The van der Waals surface area contributed by atoms with E-state index in [1.165, 1.54) is 11.3 Å². The van der Waals surface area contributed by atoms with Crippen LogP contribution >= 0.6 is 0 Å². The largest absolute Gasteiger partial charge is 0.381 e. The van der Waals surface area contributed by atoms with Crippen LogP contribution < -0.4 is 15.5 Å². The zero-order valence-electron chi connectivity index (χ0n) is 15.5. The minimum Gasteiger partial charge on any atom is -0.381 e. The summed E-state index contributed by atoms with van der Waals surface area (Å²) in [6.45, 7) is 2.26. The van der Waals surface area contributed by atoms with E-state index in [1.54, 1.807) is 0 Å². The first-order chi connectivity index (χ1) is 12.7. The lowest BCUT2D eigenvalue weighted by Crippen LogP contribution is -2.56. The van der Waals surface area contributed by atoms with Crippen LogP contribution in [0.4, 0.5) is 17.1 Å². The molecule has 2 N–H and O–H groups in total. The van der Waals surface area contributed by atoms with Crippen LogP contribution in [0.1, 0.15) is 18.4 Å². The molecule has 0 saturated carbocycles. The van der Waals surface area contributed by atoms with Gasteiger partial charge in [-0.05, 0) is 23.8 Å². The van der Waals surface area contributed by atoms with Crippen LogP contribution in [0.2, 0.25) is 0 Å². The Balaban J connectivity index is 1.63. The van der Waals surface area contributed by atoms with Gasteiger partial charge >= 0.3 is 0 Å². The summed E-state index contributed by atoms with van der Waals surface area (Å²) in [5.74, 6) is 1.02. The van der Waals surface area contributed by atoms with E-state index in [0.29, 0.717) is 0 Å². The minimum absolute atomic E-state index is 0.167. The standard InChI is InChI=1S/C21H26N4O/c1-25(2)19-10-6-3-7-16(19)15-22-20-21(11-13-26-14-12-21)24-18-9-5-4-8-17(18)23-20/h3-10,24H,11-15H2,1-2H3,(H,22,23). The predicted octanol–water partition coefficient (Wildman–Crippen LogP) is 3.55. The van der Waals surface area contributed by atoms with Gasteiger partial charge in [0.05, 0.1) is 16.9 Å². The first kappa shape index (κ1) is 16.9. The number of nitrogens with one attached hydrogen (secondary N) is 2. The molecular weight excluding hydrogens is 324 g/mol. The third kappa shape index (κ3) is 3.15. The van der Waals surface area contributed by atoms with Crippen molar-refractivity contribution in [2.75, 3.05) is 37.5 Å². The van der Waals surface area contributed by atoms with Crippen LogP contribution in [0.3, 0.4) is 0 Å². The third-order valence-electron chi connectivity index (χ3n) is 5.23. The molecule has 0 radical (unpaired) electrons. The van der Waals surface area contributed by atoms with E-state index in [-0.39, 0.29) is 5.54 Å². The Bertz CT molecular complexity index is 809. The number of fused-ring (bicyclic) bond motifs is 1. The van der Waals surface area contributed by atoms with E-state index in [9.17, 15) is 0 Å². The van der Waals surface area contributed by atoms with Gasteiger partial charge in [0.25, 0.3) is 0 Å². The summed E-state index contributed by atoms with van der Waals surface area (Å²) in [6, 6.07) is 16.7. The number of hydrogen-bond donors (Lipinski definition) is 2. The average molecular weight is 350 g/mol. The number of ether oxygens (including phenoxy) is 1. The molecule has 2 aromatic rings. The molecular formula is C21H26N4O. The molecule has 136 valence electrons. The van der Waals surface area contributed by atoms with Gasteiger partial charge in [-0.15, -0.1) is 0 Å². The summed E-state index contributed by atoms with van der Waals surface area (Å²) in [5, 5.41) is 7.39. The van der Waals surface area contributed by atoms with Gasteiger partial charge in [0.2, 0.25) is 0 Å². The molecule has 2 aliphatic rings. The number of benzene rings is 2. The van der Waals surface area contributed by atoms with Crippen molar-refractivity contribution in [1.29, 1.82) is 0 Å². The topological polar surface area (TPSA) is 48.9 Å². The monoisotopic (exact) mass is 350 g/mol. The first-order valence-electron chi connectivity index (χ1n) is 9.21. The molecule has 0 amide bonds. The van der Waals surface area contributed by atoms with Gasteiger partial charge in [-0.1, -0.05) is 30.3 Å². The lowest BCUT2D eigenvalue weighted by molar-refractivity contribution is 0.0771. The second-order valence-corrected chi connectivity index (χ2v) is 7.17. The quantitative estimate of drug-likeness (QED) is 0.889. The molecule has 2 heterocycles. The van der Waals surface area contributed by atoms with Gasteiger partial charge in [-0.3, -0.25) is 0 Å². The smallest absolute Gasteiger partial charge is 0.129 e. The van der Waals surface area contributed by atoms with Crippen molar-refractivity contribution in [2.24, 2.45) is 4.99 Å². The lowest BCUT2D eigenvalue weighted by atomic mass is 9.86. The Morgan fingerprint density at radius 1 is 1.08 bits per heavy atom. The molecule has 26 heavy (non-hydrogen) atoms. The molecule has 1 spiro atoms. The summed E-state index contributed by atoms with van der Waals surface area (Å²) in [4.78, 5) is 7.14. The number of rotatable bonds is 3. The summed E-state index contributed by atoms with van der Waals surface area (Å²) < 4.78 is 5.62. The van der Waals surface area contributed by atoms with Crippen LogP contribution in [-0.4, -0.2) is 38.7 Å². The Hall–Kier alpha value is -2.53. The van der Waals surface area contributed by atoms with E-state index in [1.807, 2.05) is 6.07 Å². The second-order valence-electron chi connectivity index (χ2n) is 7.17. The second kappa shape index (κ2) is 7.00. The van der Waals surface area contributed by atoms with Crippen LogP contribution in [0, 0.1) is 0 Å². The van der Waals surface area contributed by atoms with E-state index in [4.69, 9.17) is 9.73 Å². The van der Waals surface area contributed by atoms with E-state index < -0.39 is 0 Å². The van der Waals surface area contributed by atoms with Crippen molar-refractivity contribution in [3.8, 4) is 0 Å². The van der Waals surface area contributed by atoms with Crippen LogP contribution in [0.15, 0.2) is 53.5 Å². The SMILES string of the molecule is CN(C)c1ccccc1CNC1=Nc2ccccc2NC12CCOCC2. The Labute approximate surface area is 155 Å². The summed E-state index contributed by atoms with van der Waals surface area (Å²) >= 11 is 0. The van der Waals surface area contributed by atoms with Crippen molar-refractivity contribution in [2.45, 2.75) is 24.9 Å². The van der Waals surface area contributed by atoms with Crippen molar-refractivity contribution >= 4 is 22.9 Å². The van der Waals surface area contributed by atoms with Gasteiger partial charge in [-0.25, -0.2) is 4.99 Å². The number of anilines is 2. The summed E-state index contributed by atoms with van der Waals surface area (Å²) in [6.07, 6.45) is 1.84. The van der Waals surface area contributed by atoms with Crippen molar-refractivity contribution in [3.05, 3.63) is 54.1 Å². The fourth-order valence-corrected chi connectivity index (χ4v) is 3.79. The Morgan fingerprint density at radius 2 is 1.81 bits per heavy atom. The molecule has 4 rings (SSSR count). The van der Waals surface area contributed by atoms with E-state index in [0.717, 1.165) is 49.8 Å². The molecule has 2 aromatic carbocycles. The maximum Gasteiger partial charge on any atom is 0.129 e. The number of para-hydroxylation sites is 3. The number of amidine groups is 1. The first-order valence-corrected chi connectivity index (χ1v) is 9.21. The van der Waals surface area contributed by atoms with Gasteiger partial charge in [0, 0.05) is 52.4 Å². The predicted molar refractivity (Wildman–Crippen MR) is 108 cm³/mol. The zero-order valence-corrected chi connectivity index (χ0v) is 15.5. The molecule has 0 unspecified atom stereocenters. The van der Waals surface area contributed by atoms with Crippen molar-refractivity contribution < 1.29 is 4.74 Å². The Kier molecular flexibility index (Phi) is 4.55. The fourth-order valence-electron chi connectivity index (χ4n) is 3.79. The van der Waals surface area contributed by atoms with Crippen molar-refractivity contribution in [3.63, 3.8) is 0 Å². The average Bonchev–Trinajstić information content (AvgIpc) is 2.67. The minimum atomic E-state index is -0.167. The molecule has 5 heteroatoms. The highest BCUT2D eigenvalue weighted by molar-refractivity contribution is 6.00. The third-order valence-corrected chi connectivity index (χ3v) is 5.23. The van der Waals surface area contributed by atoms with Crippen molar-refractivity contribution in [1.82, 2.24) is 5.32 Å². The van der Waals surface area contributed by atoms with Gasteiger partial charge in [-0.2, -0.15) is 0 Å². The number of hydrogen-bond acceptors (Lipinski definition) is 5. The maximum atomic E-state index is 5.62. The summed E-state index contributed by atoms with van der Waals surface area (Å²) in [7, 11) is 4.16. The van der Waals surface area contributed by atoms with Crippen LogP contribution in [-0.2, 0) is 11.3 Å². The fraction of sp³-hybridized carbons (Fsp3) is 0.381.